The molecule has 0 aromatic heterocycles. The van der Waals surface area contributed by atoms with Gasteiger partial charge in [0.25, 0.3) is 5.69 Å². The van der Waals surface area contributed by atoms with Gasteiger partial charge in [0.1, 0.15) is 11.6 Å². The Morgan fingerprint density at radius 2 is 2.23 bits per heavy atom. The highest BCUT2D eigenvalue weighted by molar-refractivity contribution is 9.10. The van der Waals surface area contributed by atoms with Crippen molar-refractivity contribution in [2.45, 2.75) is 0 Å². The van der Waals surface area contributed by atoms with Crippen LogP contribution in [0.25, 0.3) is 0 Å². The van der Waals surface area contributed by atoms with E-state index >= 15 is 0 Å². The molecule has 0 aliphatic rings. The molecule has 6 heteroatoms. The Bertz CT molecular complexity index is 411. The average molecular weight is 242 g/mol. The number of benzene rings is 1. The molecular weight excluding hydrogens is 238 g/mol. The lowest BCUT2D eigenvalue weighted by molar-refractivity contribution is -0.385. The van der Waals surface area contributed by atoms with Crippen LogP contribution in [0.3, 0.4) is 0 Å². The number of halogens is 1. The zero-order valence-corrected chi connectivity index (χ0v) is 7.91. The van der Waals surface area contributed by atoms with E-state index in [1.165, 1.54) is 12.1 Å². The van der Waals surface area contributed by atoms with Crippen molar-refractivity contribution in [2.75, 3.05) is 5.73 Å². The van der Waals surface area contributed by atoms with Gasteiger partial charge in [-0.25, -0.2) is 0 Å². The highest BCUT2D eigenvalue weighted by Crippen LogP contribution is 2.30. The third kappa shape index (κ3) is 1.60. The fourth-order valence-electron chi connectivity index (χ4n) is 0.840. The van der Waals surface area contributed by atoms with Gasteiger partial charge in [-0.05, 0) is 22.0 Å². The van der Waals surface area contributed by atoms with E-state index < -0.39 is 4.92 Å². The molecule has 0 unspecified atom stereocenters. The van der Waals surface area contributed by atoms with E-state index in [0.29, 0.717) is 5.69 Å². The number of hydrogen-bond acceptors (Lipinski definition) is 4. The van der Waals surface area contributed by atoms with E-state index in [4.69, 9.17) is 11.0 Å². The summed E-state index contributed by atoms with van der Waals surface area (Å²) in [5.74, 6) is 0. The number of nitro benzene ring substituents is 1. The minimum absolute atomic E-state index is 0.0509. The molecule has 0 bridgehead atoms. The van der Waals surface area contributed by atoms with Crippen molar-refractivity contribution >= 4 is 27.3 Å². The lowest BCUT2D eigenvalue weighted by atomic mass is 10.2. The number of nitriles is 1. The van der Waals surface area contributed by atoms with Crippen molar-refractivity contribution in [2.24, 2.45) is 0 Å². The maximum atomic E-state index is 10.4. The Balaban J connectivity index is 3.50. The summed E-state index contributed by atoms with van der Waals surface area (Å²) in [4.78, 5) is 9.81. The molecule has 0 fully saturated rings. The predicted molar refractivity (Wildman–Crippen MR) is 49.9 cm³/mol. The van der Waals surface area contributed by atoms with E-state index in [0.717, 1.165) is 0 Å². The standard InChI is InChI=1S/C7H4BrN3O2/c8-7-4(3-9)6(11(12)13)2-1-5(7)10/h1-2H,10H2. The summed E-state index contributed by atoms with van der Waals surface area (Å²) >= 11 is 3.01. The molecule has 1 aromatic rings. The summed E-state index contributed by atoms with van der Waals surface area (Å²) in [5.41, 5.74) is 5.45. The van der Waals surface area contributed by atoms with E-state index in [1.54, 1.807) is 6.07 Å². The topological polar surface area (TPSA) is 92.9 Å². The van der Waals surface area contributed by atoms with Crippen LogP contribution in [0.15, 0.2) is 16.6 Å². The van der Waals surface area contributed by atoms with Crippen LogP contribution in [0.4, 0.5) is 11.4 Å². The fourth-order valence-corrected chi connectivity index (χ4v) is 1.26. The number of nitro groups is 1. The van der Waals surface area contributed by atoms with Gasteiger partial charge in [0.15, 0.2) is 0 Å². The monoisotopic (exact) mass is 241 g/mol. The van der Waals surface area contributed by atoms with Crippen LogP contribution in [0, 0.1) is 21.4 Å². The molecule has 13 heavy (non-hydrogen) atoms. The van der Waals surface area contributed by atoms with E-state index in [9.17, 15) is 10.1 Å². The number of anilines is 1. The van der Waals surface area contributed by atoms with Gasteiger partial charge >= 0.3 is 0 Å². The normalized spacial score (nSPS) is 9.23. The smallest absolute Gasteiger partial charge is 0.288 e. The van der Waals surface area contributed by atoms with Crippen LogP contribution >= 0.6 is 15.9 Å². The van der Waals surface area contributed by atoms with E-state index in [1.807, 2.05) is 0 Å². The molecule has 0 saturated carbocycles. The second kappa shape index (κ2) is 3.41. The Kier molecular flexibility index (Phi) is 2.49. The highest BCUT2D eigenvalue weighted by Gasteiger charge is 2.17. The molecule has 0 aliphatic carbocycles. The largest absolute Gasteiger partial charge is 0.398 e. The average Bonchev–Trinajstić information content (AvgIpc) is 2.09. The quantitative estimate of drug-likeness (QED) is 0.461. The van der Waals surface area contributed by atoms with Crippen molar-refractivity contribution in [3.63, 3.8) is 0 Å². The SMILES string of the molecule is N#Cc1c([N+](=O)[O-])ccc(N)c1Br. The first kappa shape index (κ1) is 9.48. The Hall–Kier alpha value is -1.61. The van der Waals surface area contributed by atoms with Crippen LogP contribution in [-0.4, -0.2) is 4.92 Å². The molecular formula is C7H4BrN3O2. The number of hydrogen-bond donors (Lipinski definition) is 1. The van der Waals surface area contributed by atoms with Gasteiger partial charge in [0, 0.05) is 11.8 Å². The van der Waals surface area contributed by atoms with Crippen molar-refractivity contribution in [1.29, 1.82) is 5.26 Å². The molecule has 0 radical (unpaired) electrons. The van der Waals surface area contributed by atoms with E-state index in [2.05, 4.69) is 15.9 Å². The first-order chi connectivity index (χ1) is 6.07. The first-order valence-electron chi connectivity index (χ1n) is 3.20. The van der Waals surface area contributed by atoms with Crippen LogP contribution in [0.1, 0.15) is 5.56 Å². The van der Waals surface area contributed by atoms with Crippen LogP contribution in [0.5, 0.6) is 0 Å². The summed E-state index contributed by atoms with van der Waals surface area (Å²) in [6.07, 6.45) is 0. The second-order valence-corrected chi connectivity index (χ2v) is 3.02. The van der Waals surface area contributed by atoms with Gasteiger partial charge in [-0.1, -0.05) is 0 Å². The summed E-state index contributed by atoms with van der Waals surface area (Å²) < 4.78 is 0.268. The lowest BCUT2D eigenvalue weighted by Gasteiger charge is -2.00. The molecule has 0 spiro atoms. The number of rotatable bonds is 1. The molecule has 0 atom stereocenters. The summed E-state index contributed by atoms with van der Waals surface area (Å²) in [6.45, 7) is 0. The van der Waals surface area contributed by atoms with Gasteiger partial charge in [-0.15, -0.1) is 0 Å². The van der Waals surface area contributed by atoms with Gasteiger partial charge < -0.3 is 5.73 Å². The first-order valence-corrected chi connectivity index (χ1v) is 3.99. The van der Waals surface area contributed by atoms with Gasteiger partial charge in [0.2, 0.25) is 0 Å². The third-order valence-corrected chi connectivity index (χ3v) is 2.31. The molecule has 5 nitrogen and oxygen atoms in total. The number of nitrogens with zero attached hydrogens (tertiary/aromatic N) is 2. The fraction of sp³-hybridized carbons (Fsp3) is 0. The number of nitrogen functional groups attached to an aromatic ring is 1. The summed E-state index contributed by atoms with van der Waals surface area (Å²) in [5, 5.41) is 19.1. The van der Waals surface area contributed by atoms with Crippen LogP contribution in [-0.2, 0) is 0 Å². The third-order valence-electron chi connectivity index (χ3n) is 1.46. The minimum atomic E-state index is -0.622. The van der Waals surface area contributed by atoms with E-state index in [-0.39, 0.29) is 15.7 Å². The van der Waals surface area contributed by atoms with Crippen molar-refractivity contribution in [1.82, 2.24) is 0 Å². The summed E-state index contributed by atoms with van der Waals surface area (Å²) in [7, 11) is 0. The predicted octanol–water partition coefficient (Wildman–Crippen LogP) is 1.81. The second-order valence-electron chi connectivity index (χ2n) is 2.23. The van der Waals surface area contributed by atoms with Crippen LogP contribution in [0.2, 0.25) is 0 Å². The molecule has 1 aromatic carbocycles. The highest BCUT2D eigenvalue weighted by atomic mass is 79.9. The van der Waals surface area contributed by atoms with Gasteiger partial charge in [0.05, 0.1) is 9.40 Å². The maximum absolute atomic E-state index is 10.4. The zero-order chi connectivity index (χ0) is 10.0. The van der Waals surface area contributed by atoms with Crippen molar-refractivity contribution in [3.05, 3.63) is 32.3 Å². The minimum Gasteiger partial charge on any atom is -0.398 e. The molecule has 66 valence electrons. The van der Waals surface area contributed by atoms with Crippen molar-refractivity contribution < 1.29 is 4.92 Å². The molecule has 0 aliphatic heterocycles. The van der Waals surface area contributed by atoms with Crippen molar-refractivity contribution in [3.8, 4) is 6.07 Å². The maximum Gasteiger partial charge on any atom is 0.288 e. The molecule has 1 rings (SSSR count). The molecule has 0 saturated heterocycles. The molecule has 0 heterocycles. The Labute approximate surface area is 82.0 Å². The Morgan fingerprint density at radius 1 is 1.62 bits per heavy atom. The number of nitrogens with two attached hydrogens (primary N) is 1. The van der Waals surface area contributed by atoms with Gasteiger partial charge in [-0.2, -0.15) is 5.26 Å². The lowest BCUT2D eigenvalue weighted by Crippen LogP contribution is -1.96. The molecule has 2 N–H and O–H groups in total. The van der Waals surface area contributed by atoms with Gasteiger partial charge in [-0.3, -0.25) is 10.1 Å². The van der Waals surface area contributed by atoms with Crippen LogP contribution < -0.4 is 5.73 Å². The Morgan fingerprint density at radius 3 is 2.69 bits per heavy atom. The molecule has 0 amide bonds. The zero-order valence-electron chi connectivity index (χ0n) is 6.32. The summed E-state index contributed by atoms with van der Waals surface area (Å²) in [6, 6.07) is 4.30.